The van der Waals surface area contributed by atoms with E-state index in [-0.39, 0.29) is 18.0 Å². The van der Waals surface area contributed by atoms with Crippen LogP contribution in [0.15, 0.2) is 24.3 Å². The van der Waals surface area contributed by atoms with Crippen molar-refractivity contribution in [3.05, 3.63) is 39.9 Å². The van der Waals surface area contributed by atoms with E-state index < -0.39 is 4.92 Å². The number of rotatable bonds is 4. The second-order valence-electron chi connectivity index (χ2n) is 3.44. The van der Waals surface area contributed by atoms with Gasteiger partial charge in [0.25, 0.3) is 11.6 Å². The van der Waals surface area contributed by atoms with Gasteiger partial charge >= 0.3 is 0 Å². The zero-order chi connectivity index (χ0) is 12.8. The second kappa shape index (κ2) is 5.61. The van der Waals surface area contributed by atoms with Gasteiger partial charge in [0.05, 0.1) is 17.4 Å². The molecule has 0 N–H and O–H groups in total. The summed E-state index contributed by atoms with van der Waals surface area (Å²) in [4.78, 5) is 23.1. The third kappa shape index (κ3) is 3.28. The van der Waals surface area contributed by atoms with Crippen LogP contribution in [0.1, 0.15) is 16.8 Å². The minimum Gasteiger partial charge on any atom is -0.341 e. The molecule has 0 aromatic heterocycles. The average Bonchev–Trinajstić information content (AvgIpc) is 2.35. The minimum absolute atomic E-state index is 0.0544. The SMILES string of the molecule is CN(CCC#N)C(=O)c1ccc([N+](=O)[O-])cc1. The molecular formula is C11H11N3O3. The van der Waals surface area contributed by atoms with Gasteiger partial charge in [-0.05, 0) is 12.1 Å². The Morgan fingerprint density at radius 2 is 2.06 bits per heavy atom. The maximum Gasteiger partial charge on any atom is 0.269 e. The molecule has 0 atom stereocenters. The van der Waals surface area contributed by atoms with Gasteiger partial charge in [-0.15, -0.1) is 0 Å². The molecule has 6 heteroatoms. The van der Waals surface area contributed by atoms with Crippen LogP contribution < -0.4 is 0 Å². The Balaban J connectivity index is 2.76. The van der Waals surface area contributed by atoms with E-state index in [4.69, 9.17) is 5.26 Å². The molecule has 0 spiro atoms. The molecule has 1 aromatic rings. The van der Waals surface area contributed by atoms with Crippen LogP contribution in [-0.4, -0.2) is 29.3 Å². The molecule has 0 aliphatic rings. The van der Waals surface area contributed by atoms with E-state index >= 15 is 0 Å². The highest BCUT2D eigenvalue weighted by molar-refractivity contribution is 5.94. The number of nitro groups is 1. The molecule has 6 nitrogen and oxygen atoms in total. The Kier molecular flexibility index (Phi) is 4.17. The summed E-state index contributed by atoms with van der Waals surface area (Å²) in [6, 6.07) is 7.32. The lowest BCUT2D eigenvalue weighted by Crippen LogP contribution is -2.27. The van der Waals surface area contributed by atoms with Gasteiger partial charge < -0.3 is 4.90 Å². The lowest BCUT2D eigenvalue weighted by Gasteiger charge is -2.15. The van der Waals surface area contributed by atoms with E-state index in [1.807, 2.05) is 6.07 Å². The predicted octanol–water partition coefficient (Wildman–Crippen LogP) is 1.58. The zero-order valence-corrected chi connectivity index (χ0v) is 9.29. The zero-order valence-electron chi connectivity index (χ0n) is 9.29. The van der Waals surface area contributed by atoms with E-state index in [0.29, 0.717) is 12.1 Å². The highest BCUT2D eigenvalue weighted by Gasteiger charge is 2.12. The van der Waals surface area contributed by atoms with Crippen molar-refractivity contribution >= 4 is 11.6 Å². The van der Waals surface area contributed by atoms with Gasteiger partial charge in [-0.2, -0.15) is 5.26 Å². The van der Waals surface area contributed by atoms with Crippen LogP contribution in [-0.2, 0) is 0 Å². The molecule has 0 aliphatic carbocycles. The van der Waals surface area contributed by atoms with Gasteiger partial charge in [-0.25, -0.2) is 0 Å². The smallest absolute Gasteiger partial charge is 0.269 e. The summed E-state index contributed by atoms with van der Waals surface area (Å²) in [5.41, 5.74) is 0.317. The van der Waals surface area contributed by atoms with Crippen LogP contribution in [0.3, 0.4) is 0 Å². The molecule has 0 heterocycles. The molecule has 1 aromatic carbocycles. The molecule has 1 amide bonds. The Morgan fingerprint density at radius 1 is 1.47 bits per heavy atom. The molecule has 17 heavy (non-hydrogen) atoms. The summed E-state index contributed by atoms with van der Waals surface area (Å²) < 4.78 is 0. The van der Waals surface area contributed by atoms with Crippen molar-refractivity contribution in [2.75, 3.05) is 13.6 Å². The van der Waals surface area contributed by atoms with Crippen molar-refractivity contribution in [1.29, 1.82) is 5.26 Å². The minimum atomic E-state index is -0.520. The summed E-state index contributed by atoms with van der Waals surface area (Å²) in [7, 11) is 1.58. The number of carbonyl (C=O) groups excluding carboxylic acids is 1. The van der Waals surface area contributed by atoms with Crippen molar-refractivity contribution in [2.45, 2.75) is 6.42 Å². The number of nitrogens with zero attached hydrogens (tertiary/aromatic N) is 3. The van der Waals surface area contributed by atoms with Gasteiger partial charge in [0.15, 0.2) is 0 Å². The summed E-state index contributed by atoms with van der Waals surface area (Å²) in [5, 5.41) is 18.8. The van der Waals surface area contributed by atoms with Crippen molar-refractivity contribution in [2.24, 2.45) is 0 Å². The maximum atomic E-state index is 11.8. The number of hydrogen-bond donors (Lipinski definition) is 0. The molecule has 1 rings (SSSR count). The van der Waals surface area contributed by atoms with Crippen molar-refractivity contribution in [3.63, 3.8) is 0 Å². The molecule has 0 aliphatic heterocycles. The highest BCUT2D eigenvalue weighted by Crippen LogP contribution is 2.13. The standard InChI is InChI=1S/C11H11N3O3/c1-13(8-2-7-12)11(15)9-3-5-10(6-4-9)14(16)17/h3-6H,2,8H2,1H3. The van der Waals surface area contributed by atoms with Gasteiger partial charge in [0.2, 0.25) is 0 Å². The van der Waals surface area contributed by atoms with E-state index in [9.17, 15) is 14.9 Å². The van der Waals surface area contributed by atoms with Gasteiger partial charge in [-0.3, -0.25) is 14.9 Å². The predicted molar refractivity (Wildman–Crippen MR) is 60.3 cm³/mol. The maximum absolute atomic E-state index is 11.8. The molecule has 0 radical (unpaired) electrons. The molecule has 88 valence electrons. The first-order chi connectivity index (χ1) is 8.06. The van der Waals surface area contributed by atoms with Crippen LogP contribution in [0.4, 0.5) is 5.69 Å². The highest BCUT2D eigenvalue weighted by atomic mass is 16.6. The number of nitro benzene ring substituents is 1. The molecule has 0 unspecified atom stereocenters. The summed E-state index contributed by atoms with van der Waals surface area (Å²) in [6.07, 6.45) is 0.259. The second-order valence-corrected chi connectivity index (χ2v) is 3.44. The Hall–Kier alpha value is -2.42. The molecular weight excluding hydrogens is 222 g/mol. The van der Waals surface area contributed by atoms with Crippen LogP contribution in [0.5, 0.6) is 0 Å². The Labute approximate surface area is 98.2 Å². The van der Waals surface area contributed by atoms with Crippen LogP contribution >= 0.6 is 0 Å². The average molecular weight is 233 g/mol. The lowest BCUT2D eigenvalue weighted by atomic mass is 10.2. The fourth-order valence-electron chi connectivity index (χ4n) is 1.27. The quantitative estimate of drug-likeness (QED) is 0.583. The fraction of sp³-hybridized carbons (Fsp3) is 0.273. The first kappa shape index (κ1) is 12.6. The topological polar surface area (TPSA) is 87.2 Å². The number of benzene rings is 1. The first-order valence-electron chi connectivity index (χ1n) is 4.93. The Bertz CT molecular complexity index is 462. The van der Waals surface area contributed by atoms with Crippen LogP contribution in [0, 0.1) is 21.4 Å². The normalized spacial score (nSPS) is 9.41. The van der Waals surface area contributed by atoms with E-state index in [1.54, 1.807) is 7.05 Å². The first-order valence-corrected chi connectivity index (χ1v) is 4.93. The van der Waals surface area contributed by atoms with E-state index in [1.165, 1.54) is 29.2 Å². The van der Waals surface area contributed by atoms with Crippen molar-refractivity contribution in [1.82, 2.24) is 4.90 Å². The third-order valence-corrected chi connectivity index (χ3v) is 2.23. The van der Waals surface area contributed by atoms with E-state index in [2.05, 4.69) is 0 Å². The number of carbonyl (C=O) groups is 1. The summed E-state index contributed by atoms with van der Waals surface area (Å²) in [5.74, 6) is -0.254. The molecule has 0 saturated carbocycles. The summed E-state index contributed by atoms with van der Waals surface area (Å²) in [6.45, 7) is 0.340. The Morgan fingerprint density at radius 3 is 2.53 bits per heavy atom. The van der Waals surface area contributed by atoms with Crippen LogP contribution in [0.25, 0.3) is 0 Å². The number of hydrogen-bond acceptors (Lipinski definition) is 4. The monoisotopic (exact) mass is 233 g/mol. The molecule has 0 bridgehead atoms. The summed E-state index contributed by atoms with van der Waals surface area (Å²) >= 11 is 0. The fourth-order valence-corrected chi connectivity index (χ4v) is 1.27. The van der Waals surface area contributed by atoms with Crippen LogP contribution in [0.2, 0.25) is 0 Å². The lowest BCUT2D eigenvalue weighted by molar-refractivity contribution is -0.384. The van der Waals surface area contributed by atoms with Crippen molar-refractivity contribution in [3.8, 4) is 6.07 Å². The molecule has 0 fully saturated rings. The number of non-ortho nitro benzene ring substituents is 1. The van der Waals surface area contributed by atoms with Gasteiger partial charge in [-0.1, -0.05) is 0 Å². The van der Waals surface area contributed by atoms with E-state index in [0.717, 1.165) is 0 Å². The third-order valence-electron chi connectivity index (χ3n) is 2.23. The number of nitriles is 1. The molecule has 0 saturated heterocycles. The largest absolute Gasteiger partial charge is 0.341 e. The van der Waals surface area contributed by atoms with Gasteiger partial charge in [0, 0.05) is 31.3 Å². The van der Waals surface area contributed by atoms with Gasteiger partial charge in [0.1, 0.15) is 0 Å². The van der Waals surface area contributed by atoms with Crippen molar-refractivity contribution < 1.29 is 9.72 Å². The number of amides is 1.